The zero-order valence-corrected chi connectivity index (χ0v) is 10.6. The third-order valence-electron chi connectivity index (χ3n) is 3.64. The van der Waals surface area contributed by atoms with Gasteiger partial charge in [0.2, 0.25) is 0 Å². The van der Waals surface area contributed by atoms with Crippen LogP contribution >= 0.6 is 0 Å². The van der Waals surface area contributed by atoms with Crippen LogP contribution in [0.1, 0.15) is 29.3 Å². The number of rotatable bonds is 2. The maximum atomic E-state index is 4.57. The maximum Gasteiger partial charge on any atom is 0.134 e. The number of anilines is 1. The van der Waals surface area contributed by atoms with Crippen molar-refractivity contribution >= 4 is 5.82 Å². The summed E-state index contributed by atoms with van der Waals surface area (Å²) in [5.74, 6) is 2.32. The molecule has 1 atom stereocenters. The molecule has 0 amide bonds. The summed E-state index contributed by atoms with van der Waals surface area (Å²) in [6.45, 7) is 0. The highest BCUT2D eigenvalue weighted by Gasteiger charge is 2.21. The Hall–Kier alpha value is -1.90. The Morgan fingerprint density at radius 2 is 2.00 bits per heavy atom. The van der Waals surface area contributed by atoms with Crippen LogP contribution in [0.5, 0.6) is 0 Å². The molecule has 92 valence electrons. The molecule has 0 saturated carbocycles. The molecule has 1 N–H and O–H groups in total. The third-order valence-corrected chi connectivity index (χ3v) is 3.64. The van der Waals surface area contributed by atoms with Crippen molar-refractivity contribution in [1.82, 2.24) is 9.97 Å². The van der Waals surface area contributed by atoms with Gasteiger partial charge >= 0.3 is 0 Å². The molecular formula is C15H17N3. The smallest absolute Gasteiger partial charge is 0.134 e. The largest absolute Gasteiger partial charge is 0.373 e. The van der Waals surface area contributed by atoms with Gasteiger partial charge in [0.25, 0.3) is 0 Å². The van der Waals surface area contributed by atoms with Crippen molar-refractivity contribution in [1.29, 1.82) is 0 Å². The van der Waals surface area contributed by atoms with Gasteiger partial charge in [-0.1, -0.05) is 24.3 Å². The van der Waals surface area contributed by atoms with Crippen molar-refractivity contribution in [2.75, 3.05) is 12.4 Å². The number of benzene rings is 1. The quantitative estimate of drug-likeness (QED) is 0.875. The van der Waals surface area contributed by atoms with Gasteiger partial charge in [0.1, 0.15) is 11.6 Å². The van der Waals surface area contributed by atoms with Crippen LogP contribution in [-0.2, 0) is 12.8 Å². The molecule has 1 aliphatic carbocycles. The van der Waals surface area contributed by atoms with Gasteiger partial charge in [-0.2, -0.15) is 0 Å². The van der Waals surface area contributed by atoms with Crippen LogP contribution in [0.4, 0.5) is 5.82 Å². The molecule has 2 aromatic rings. The minimum Gasteiger partial charge on any atom is -0.373 e. The van der Waals surface area contributed by atoms with E-state index < -0.39 is 0 Å². The number of nitrogens with one attached hydrogen (secondary N) is 1. The summed E-state index contributed by atoms with van der Waals surface area (Å²) in [7, 11) is 1.89. The van der Waals surface area contributed by atoms with E-state index in [-0.39, 0.29) is 0 Å². The van der Waals surface area contributed by atoms with Gasteiger partial charge < -0.3 is 5.32 Å². The Balaban J connectivity index is 1.87. The fourth-order valence-electron chi connectivity index (χ4n) is 2.63. The van der Waals surface area contributed by atoms with Crippen molar-refractivity contribution in [2.45, 2.75) is 25.2 Å². The average molecular weight is 239 g/mol. The van der Waals surface area contributed by atoms with Crippen LogP contribution in [0.2, 0.25) is 0 Å². The predicted molar refractivity (Wildman–Crippen MR) is 72.8 cm³/mol. The van der Waals surface area contributed by atoms with E-state index in [1.54, 1.807) is 0 Å². The minimum atomic E-state index is 0.452. The molecule has 1 aliphatic rings. The lowest BCUT2D eigenvalue weighted by Gasteiger charge is -2.23. The van der Waals surface area contributed by atoms with Gasteiger partial charge in [-0.3, -0.25) is 0 Å². The van der Waals surface area contributed by atoms with Gasteiger partial charge in [0.15, 0.2) is 0 Å². The normalized spacial score (nSPS) is 18.2. The molecule has 1 heterocycles. The van der Waals surface area contributed by atoms with Gasteiger partial charge in [0, 0.05) is 19.2 Å². The van der Waals surface area contributed by atoms with E-state index in [1.807, 2.05) is 19.3 Å². The van der Waals surface area contributed by atoms with Crippen molar-refractivity contribution < 1.29 is 0 Å². The van der Waals surface area contributed by atoms with E-state index in [0.29, 0.717) is 5.92 Å². The molecule has 3 rings (SSSR count). The second-order valence-corrected chi connectivity index (χ2v) is 4.76. The standard InChI is InChI=1S/C15H17N3/c1-16-14-8-9-17-15(18-14)13-7-6-11-4-2-3-5-12(11)10-13/h2-5,8-9,13H,6-7,10H2,1H3,(H,16,17,18). The van der Waals surface area contributed by atoms with E-state index in [4.69, 9.17) is 0 Å². The van der Waals surface area contributed by atoms with E-state index >= 15 is 0 Å². The number of hydrogen-bond acceptors (Lipinski definition) is 3. The molecule has 0 saturated heterocycles. The van der Waals surface area contributed by atoms with Gasteiger partial charge in [-0.25, -0.2) is 9.97 Å². The van der Waals surface area contributed by atoms with Crippen LogP contribution in [0.25, 0.3) is 0 Å². The number of fused-ring (bicyclic) bond motifs is 1. The molecule has 1 unspecified atom stereocenters. The van der Waals surface area contributed by atoms with Crippen LogP contribution < -0.4 is 5.32 Å². The van der Waals surface area contributed by atoms with Gasteiger partial charge in [-0.15, -0.1) is 0 Å². The van der Waals surface area contributed by atoms with Crippen LogP contribution in [0.15, 0.2) is 36.5 Å². The molecule has 3 nitrogen and oxygen atoms in total. The van der Waals surface area contributed by atoms with Crippen LogP contribution in [0.3, 0.4) is 0 Å². The molecule has 0 spiro atoms. The van der Waals surface area contributed by atoms with Crippen LogP contribution in [-0.4, -0.2) is 17.0 Å². The monoisotopic (exact) mass is 239 g/mol. The summed E-state index contributed by atoms with van der Waals surface area (Å²) in [6.07, 6.45) is 5.18. The fraction of sp³-hybridized carbons (Fsp3) is 0.333. The Kier molecular flexibility index (Phi) is 2.97. The maximum absolute atomic E-state index is 4.57. The Morgan fingerprint density at radius 3 is 2.83 bits per heavy atom. The Morgan fingerprint density at radius 1 is 1.17 bits per heavy atom. The summed E-state index contributed by atoms with van der Waals surface area (Å²) < 4.78 is 0. The molecular weight excluding hydrogens is 222 g/mol. The zero-order chi connectivity index (χ0) is 12.4. The third kappa shape index (κ3) is 2.08. The first kappa shape index (κ1) is 11.2. The highest BCUT2D eigenvalue weighted by atomic mass is 15.0. The molecule has 0 radical (unpaired) electrons. The van der Waals surface area contributed by atoms with E-state index in [2.05, 4.69) is 39.6 Å². The first-order valence-electron chi connectivity index (χ1n) is 6.44. The Labute approximate surface area is 107 Å². The van der Waals surface area contributed by atoms with Crippen LogP contribution in [0, 0.1) is 0 Å². The SMILES string of the molecule is CNc1ccnc(C2CCc3ccccc3C2)n1. The summed E-state index contributed by atoms with van der Waals surface area (Å²) in [5, 5.41) is 3.07. The second kappa shape index (κ2) is 4.77. The summed E-state index contributed by atoms with van der Waals surface area (Å²) in [4.78, 5) is 9.00. The molecule has 0 bridgehead atoms. The van der Waals surface area contributed by atoms with Gasteiger partial charge in [-0.05, 0) is 36.5 Å². The number of hydrogen-bond donors (Lipinski definition) is 1. The zero-order valence-electron chi connectivity index (χ0n) is 10.6. The molecule has 0 fully saturated rings. The lowest BCUT2D eigenvalue weighted by Crippen LogP contribution is -2.15. The predicted octanol–water partition coefficient (Wildman–Crippen LogP) is 2.79. The van der Waals surface area contributed by atoms with E-state index in [0.717, 1.165) is 30.9 Å². The molecule has 0 aliphatic heterocycles. The van der Waals surface area contributed by atoms with E-state index in [1.165, 1.54) is 11.1 Å². The number of aryl methyl sites for hydroxylation is 1. The Bertz CT molecular complexity index is 551. The first-order chi connectivity index (χ1) is 8.86. The topological polar surface area (TPSA) is 37.8 Å². The van der Waals surface area contributed by atoms with Crippen molar-refractivity contribution in [2.24, 2.45) is 0 Å². The molecule has 1 aromatic carbocycles. The average Bonchev–Trinajstić information content (AvgIpc) is 2.47. The highest BCUT2D eigenvalue weighted by molar-refractivity contribution is 5.35. The van der Waals surface area contributed by atoms with Gasteiger partial charge in [0.05, 0.1) is 0 Å². The highest BCUT2D eigenvalue weighted by Crippen LogP contribution is 2.30. The second-order valence-electron chi connectivity index (χ2n) is 4.76. The first-order valence-corrected chi connectivity index (χ1v) is 6.44. The number of nitrogens with zero attached hydrogens (tertiary/aromatic N) is 2. The summed E-state index contributed by atoms with van der Waals surface area (Å²) in [6, 6.07) is 10.6. The summed E-state index contributed by atoms with van der Waals surface area (Å²) >= 11 is 0. The molecule has 18 heavy (non-hydrogen) atoms. The molecule has 3 heteroatoms. The van der Waals surface area contributed by atoms with Crippen molar-refractivity contribution in [3.63, 3.8) is 0 Å². The lowest BCUT2D eigenvalue weighted by molar-refractivity contribution is 0.555. The number of aromatic nitrogens is 2. The minimum absolute atomic E-state index is 0.452. The van der Waals surface area contributed by atoms with Crippen molar-refractivity contribution in [3.05, 3.63) is 53.5 Å². The fourth-order valence-corrected chi connectivity index (χ4v) is 2.63. The molecule has 1 aromatic heterocycles. The lowest BCUT2D eigenvalue weighted by atomic mass is 9.83. The van der Waals surface area contributed by atoms with Crippen molar-refractivity contribution in [3.8, 4) is 0 Å². The summed E-state index contributed by atoms with van der Waals surface area (Å²) in [5.41, 5.74) is 2.94. The van der Waals surface area contributed by atoms with E-state index in [9.17, 15) is 0 Å².